The molecule has 2 N–H and O–H groups in total. The molecule has 12 heavy (non-hydrogen) atoms. The van der Waals surface area contributed by atoms with Crippen LogP contribution >= 0.6 is 0 Å². The molecule has 0 bridgehead atoms. The Bertz CT molecular complexity index is 233. The third-order valence-corrected chi connectivity index (χ3v) is 1.42. The number of para-hydroxylation sites is 1. The standard InChI is InChI=1S/C7H8O2.C2H4O/c1-5-3-2-4-6(8)7(5)9;1-2-3-1/h2-4,8-9H,1H3;1-2H2. The van der Waals surface area contributed by atoms with Crippen molar-refractivity contribution >= 4 is 0 Å². The number of hydrogen-bond acceptors (Lipinski definition) is 3. The zero-order valence-corrected chi connectivity index (χ0v) is 6.95. The van der Waals surface area contributed by atoms with Crippen molar-refractivity contribution in [2.24, 2.45) is 0 Å². The predicted octanol–water partition coefficient (Wildman–Crippen LogP) is 1.42. The second-order valence-corrected chi connectivity index (χ2v) is 2.56. The molecule has 1 aliphatic heterocycles. The van der Waals surface area contributed by atoms with Crippen LogP contribution in [-0.2, 0) is 4.74 Å². The molecule has 0 saturated carbocycles. The van der Waals surface area contributed by atoms with E-state index in [1.807, 2.05) is 0 Å². The van der Waals surface area contributed by atoms with E-state index < -0.39 is 0 Å². The Kier molecular flexibility index (Phi) is 2.94. The van der Waals surface area contributed by atoms with Crippen molar-refractivity contribution in [1.29, 1.82) is 0 Å². The highest BCUT2D eigenvalue weighted by atomic mass is 16.6. The number of hydrogen-bond donors (Lipinski definition) is 2. The summed E-state index contributed by atoms with van der Waals surface area (Å²) in [5, 5.41) is 17.8. The van der Waals surface area contributed by atoms with Crippen LogP contribution in [0.25, 0.3) is 0 Å². The van der Waals surface area contributed by atoms with Crippen molar-refractivity contribution in [3.63, 3.8) is 0 Å². The quantitative estimate of drug-likeness (QED) is 0.455. The van der Waals surface area contributed by atoms with Crippen molar-refractivity contribution in [2.75, 3.05) is 13.2 Å². The molecule has 2 rings (SSSR count). The molecule has 0 unspecified atom stereocenters. The lowest BCUT2D eigenvalue weighted by atomic mass is 10.2. The smallest absolute Gasteiger partial charge is 0.160 e. The Labute approximate surface area is 71.2 Å². The average molecular weight is 168 g/mol. The largest absolute Gasteiger partial charge is 0.504 e. The van der Waals surface area contributed by atoms with Gasteiger partial charge in [0.2, 0.25) is 0 Å². The molecule has 1 heterocycles. The Balaban J connectivity index is 0.000000200. The van der Waals surface area contributed by atoms with E-state index in [4.69, 9.17) is 10.2 Å². The van der Waals surface area contributed by atoms with Crippen molar-refractivity contribution in [3.05, 3.63) is 23.8 Å². The number of ether oxygens (including phenoxy) is 1. The van der Waals surface area contributed by atoms with Gasteiger partial charge in [0.05, 0.1) is 13.2 Å². The van der Waals surface area contributed by atoms with Crippen LogP contribution in [0.15, 0.2) is 18.2 Å². The van der Waals surface area contributed by atoms with Crippen LogP contribution in [0, 0.1) is 6.92 Å². The molecule has 0 spiro atoms. The summed E-state index contributed by atoms with van der Waals surface area (Å²) >= 11 is 0. The zero-order valence-electron chi connectivity index (χ0n) is 6.95. The van der Waals surface area contributed by atoms with Crippen LogP contribution in [0.1, 0.15) is 5.56 Å². The Hall–Kier alpha value is -1.22. The predicted molar refractivity (Wildman–Crippen MR) is 45.3 cm³/mol. The summed E-state index contributed by atoms with van der Waals surface area (Å²) in [5.74, 6) is -0.0903. The normalized spacial score (nSPS) is 13.1. The van der Waals surface area contributed by atoms with Crippen molar-refractivity contribution in [1.82, 2.24) is 0 Å². The summed E-state index contributed by atoms with van der Waals surface area (Å²) in [6, 6.07) is 4.86. The van der Waals surface area contributed by atoms with Crippen LogP contribution in [0.5, 0.6) is 11.5 Å². The van der Waals surface area contributed by atoms with Crippen LogP contribution in [-0.4, -0.2) is 23.4 Å². The number of aryl methyl sites for hydroxylation is 1. The Morgan fingerprint density at radius 1 is 1.25 bits per heavy atom. The molecule has 3 nitrogen and oxygen atoms in total. The highest BCUT2D eigenvalue weighted by Gasteiger charge is 1.98. The van der Waals surface area contributed by atoms with E-state index in [9.17, 15) is 0 Å². The van der Waals surface area contributed by atoms with Gasteiger partial charge in [-0.1, -0.05) is 12.1 Å². The molecule has 0 amide bonds. The first-order valence-electron chi connectivity index (χ1n) is 3.77. The lowest BCUT2D eigenvalue weighted by Crippen LogP contribution is -1.72. The number of epoxide rings is 1. The van der Waals surface area contributed by atoms with Crippen molar-refractivity contribution in [2.45, 2.75) is 6.92 Å². The Morgan fingerprint density at radius 3 is 2.17 bits per heavy atom. The van der Waals surface area contributed by atoms with Crippen molar-refractivity contribution < 1.29 is 14.9 Å². The summed E-state index contributed by atoms with van der Waals surface area (Å²) in [4.78, 5) is 0. The highest BCUT2D eigenvalue weighted by molar-refractivity contribution is 5.43. The Morgan fingerprint density at radius 2 is 1.83 bits per heavy atom. The second kappa shape index (κ2) is 3.97. The monoisotopic (exact) mass is 168 g/mol. The van der Waals surface area contributed by atoms with Gasteiger partial charge in [0.25, 0.3) is 0 Å². The fourth-order valence-electron chi connectivity index (χ4n) is 0.643. The maximum atomic E-state index is 8.96. The summed E-state index contributed by atoms with van der Waals surface area (Å²) in [5.41, 5.74) is 0.690. The second-order valence-electron chi connectivity index (χ2n) is 2.56. The molecule has 0 aliphatic carbocycles. The van der Waals surface area contributed by atoms with Gasteiger partial charge in [0.1, 0.15) is 0 Å². The molecule has 1 aliphatic rings. The lowest BCUT2D eigenvalue weighted by Gasteiger charge is -1.97. The maximum absolute atomic E-state index is 8.96. The third kappa shape index (κ3) is 2.80. The van der Waals surface area contributed by atoms with E-state index >= 15 is 0 Å². The maximum Gasteiger partial charge on any atom is 0.160 e. The van der Waals surface area contributed by atoms with E-state index in [1.165, 1.54) is 6.07 Å². The summed E-state index contributed by atoms with van der Waals surface area (Å²) in [6.45, 7) is 3.73. The van der Waals surface area contributed by atoms with Gasteiger partial charge in [-0.05, 0) is 18.6 Å². The summed E-state index contributed by atoms with van der Waals surface area (Å²) in [7, 11) is 0. The van der Waals surface area contributed by atoms with E-state index in [-0.39, 0.29) is 11.5 Å². The van der Waals surface area contributed by atoms with E-state index in [1.54, 1.807) is 19.1 Å². The first kappa shape index (κ1) is 8.87. The molecule has 0 radical (unpaired) electrons. The van der Waals surface area contributed by atoms with Crippen LogP contribution in [0.4, 0.5) is 0 Å². The molecule has 0 atom stereocenters. The van der Waals surface area contributed by atoms with Gasteiger partial charge in [-0.2, -0.15) is 0 Å². The SMILES string of the molecule is C1CO1.Cc1cccc(O)c1O. The van der Waals surface area contributed by atoms with Gasteiger partial charge in [-0.15, -0.1) is 0 Å². The van der Waals surface area contributed by atoms with Gasteiger partial charge >= 0.3 is 0 Å². The number of aromatic hydroxyl groups is 2. The minimum absolute atomic E-state index is 0.0301. The lowest BCUT2D eigenvalue weighted by molar-refractivity contribution is 0.401. The molecule has 1 aromatic carbocycles. The topological polar surface area (TPSA) is 53.0 Å². The molecule has 3 heteroatoms. The third-order valence-electron chi connectivity index (χ3n) is 1.42. The first-order valence-corrected chi connectivity index (χ1v) is 3.77. The fourth-order valence-corrected chi connectivity index (χ4v) is 0.643. The molecule has 66 valence electrons. The molecule has 1 saturated heterocycles. The van der Waals surface area contributed by atoms with E-state index in [0.29, 0.717) is 5.56 Å². The van der Waals surface area contributed by atoms with Crippen LogP contribution in [0.2, 0.25) is 0 Å². The minimum Gasteiger partial charge on any atom is -0.504 e. The van der Waals surface area contributed by atoms with Gasteiger partial charge < -0.3 is 14.9 Å². The zero-order chi connectivity index (χ0) is 8.97. The number of rotatable bonds is 0. The molecule has 1 aromatic rings. The van der Waals surface area contributed by atoms with Crippen LogP contribution < -0.4 is 0 Å². The highest BCUT2D eigenvalue weighted by Crippen LogP contribution is 2.26. The van der Waals surface area contributed by atoms with Gasteiger partial charge in [-0.3, -0.25) is 0 Å². The minimum atomic E-state index is -0.0602. The van der Waals surface area contributed by atoms with Gasteiger partial charge in [0.15, 0.2) is 11.5 Å². The van der Waals surface area contributed by atoms with E-state index in [0.717, 1.165) is 13.2 Å². The first-order chi connectivity index (χ1) is 5.72. The van der Waals surface area contributed by atoms with Crippen LogP contribution in [0.3, 0.4) is 0 Å². The molecular formula is C9H12O3. The molecule has 1 fully saturated rings. The van der Waals surface area contributed by atoms with Gasteiger partial charge in [-0.25, -0.2) is 0 Å². The summed E-state index contributed by atoms with van der Waals surface area (Å²) in [6.07, 6.45) is 0. The average Bonchev–Trinajstić information content (AvgIpc) is 2.85. The van der Waals surface area contributed by atoms with E-state index in [2.05, 4.69) is 4.74 Å². The molecule has 0 aromatic heterocycles. The summed E-state index contributed by atoms with van der Waals surface area (Å²) < 4.78 is 4.50. The van der Waals surface area contributed by atoms with Gasteiger partial charge in [0, 0.05) is 0 Å². The number of benzene rings is 1. The molecular weight excluding hydrogens is 156 g/mol. The number of phenolic OH excluding ortho intramolecular Hbond substituents is 2. The van der Waals surface area contributed by atoms with Crippen molar-refractivity contribution in [3.8, 4) is 11.5 Å². The fraction of sp³-hybridized carbons (Fsp3) is 0.333. The number of phenols is 2.